The molecular weight excluding hydrogens is 379 g/mol. The van der Waals surface area contributed by atoms with Crippen LogP contribution in [0.25, 0.3) is 0 Å². The highest BCUT2D eigenvalue weighted by Gasteiger charge is 2.30. The van der Waals surface area contributed by atoms with E-state index in [-0.39, 0.29) is 12.1 Å². The number of anilines is 1. The fraction of sp³-hybridized carbons (Fsp3) is 0.278. The van der Waals surface area contributed by atoms with Crippen molar-refractivity contribution in [2.75, 3.05) is 32.6 Å². The fourth-order valence-corrected chi connectivity index (χ4v) is 2.19. The van der Waals surface area contributed by atoms with Crippen molar-refractivity contribution in [1.82, 2.24) is 9.88 Å². The molecule has 0 bridgehead atoms. The lowest BCUT2D eigenvalue weighted by atomic mass is 10.2. The van der Waals surface area contributed by atoms with Crippen LogP contribution in [-0.2, 0) is 4.79 Å². The Balaban J connectivity index is 2.00. The number of aromatic nitrogens is 1. The van der Waals surface area contributed by atoms with Gasteiger partial charge in [0.05, 0.1) is 13.7 Å². The van der Waals surface area contributed by atoms with E-state index >= 15 is 0 Å². The zero-order valence-corrected chi connectivity index (χ0v) is 15.1. The Labute approximate surface area is 159 Å². The monoisotopic (exact) mass is 397 g/mol. The number of rotatable bonds is 7. The predicted molar refractivity (Wildman–Crippen MR) is 94.4 cm³/mol. The van der Waals surface area contributed by atoms with Crippen molar-refractivity contribution in [3.8, 4) is 11.6 Å². The number of nitrogens with zero attached hydrogens (tertiary/aromatic N) is 2. The summed E-state index contributed by atoms with van der Waals surface area (Å²) in [6.45, 7) is -1.90. The molecule has 1 heterocycles. The summed E-state index contributed by atoms with van der Waals surface area (Å²) in [5.74, 6) is -1.02. The van der Waals surface area contributed by atoms with Crippen LogP contribution in [0.1, 0.15) is 10.4 Å². The maximum Gasteiger partial charge on any atom is 0.422 e. The van der Waals surface area contributed by atoms with E-state index < -0.39 is 30.5 Å². The van der Waals surface area contributed by atoms with Crippen LogP contribution < -0.4 is 14.8 Å². The summed E-state index contributed by atoms with van der Waals surface area (Å²) in [5.41, 5.74) is 0.328. The van der Waals surface area contributed by atoms with Crippen LogP contribution in [-0.4, -0.2) is 55.2 Å². The summed E-state index contributed by atoms with van der Waals surface area (Å²) in [4.78, 5) is 29.3. The van der Waals surface area contributed by atoms with E-state index in [4.69, 9.17) is 4.74 Å². The number of pyridine rings is 1. The Morgan fingerprint density at radius 1 is 1.18 bits per heavy atom. The van der Waals surface area contributed by atoms with Gasteiger partial charge in [-0.25, -0.2) is 4.98 Å². The third-order valence-electron chi connectivity index (χ3n) is 3.48. The molecule has 10 heteroatoms. The molecule has 0 aliphatic heterocycles. The summed E-state index contributed by atoms with van der Waals surface area (Å²) in [7, 11) is 2.86. The minimum Gasteiger partial charge on any atom is -0.497 e. The number of hydrogen-bond donors (Lipinski definition) is 1. The lowest BCUT2D eigenvalue weighted by molar-refractivity contribution is -0.154. The number of likely N-dealkylation sites (N-methyl/N-ethyl adjacent to an activating group) is 1. The molecule has 1 aromatic carbocycles. The first-order valence-corrected chi connectivity index (χ1v) is 8.03. The Kier molecular flexibility index (Phi) is 6.80. The van der Waals surface area contributed by atoms with E-state index in [0.717, 1.165) is 4.90 Å². The standard InChI is InChI=1S/C18H18F3N3O4/c1-24(10-15(25)23-12-5-7-13(27-2)8-6-12)17(26)14-4-3-9-22-16(14)28-11-18(19,20)21/h3-9H,10-11H2,1-2H3,(H,23,25). The van der Waals surface area contributed by atoms with Crippen molar-refractivity contribution < 1.29 is 32.2 Å². The van der Waals surface area contributed by atoms with Gasteiger partial charge in [-0.15, -0.1) is 0 Å². The van der Waals surface area contributed by atoms with Crippen LogP contribution in [0.5, 0.6) is 11.6 Å². The van der Waals surface area contributed by atoms with Crippen molar-refractivity contribution in [3.63, 3.8) is 0 Å². The number of carbonyl (C=O) groups is 2. The van der Waals surface area contributed by atoms with E-state index in [9.17, 15) is 22.8 Å². The third-order valence-corrected chi connectivity index (χ3v) is 3.48. The summed E-state index contributed by atoms with van der Waals surface area (Å²) in [6.07, 6.45) is -3.36. The van der Waals surface area contributed by atoms with E-state index in [1.54, 1.807) is 24.3 Å². The van der Waals surface area contributed by atoms with Crippen LogP contribution in [0.4, 0.5) is 18.9 Å². The molecule has 7 nitrogen and oxygen atoms in total. The van der Waals surface area contributed by atoms with Crippen molar-refractivity contribution in [1.29, 1.82) is 0 Å². The summed E-state index contributed by atoms with van der Waals surface area (Å²) >= 11 is 0. The number of benzene rings is 1. The zero-order valence-electron chi connectivity index (χ0n) is 15.1. The summed E-state index contributed by atoms with van der Waals surface area (Å²) < 4.78 is 46.7. The van der Waals surface area contributed by atoms with Crippen molar-refractivity contribution in [3.05, 3.63) is 48.2 Å². The fourth-order valence-electron chi connectivity index (χ4n) is 2.19. The zero-order chi connectivity index (χ0) is 20.7. The lowest BCUT2D eigenvalue weighted by Crippen LogP contribution is -2.35. The van der Waals surface area contributed by atoms with Gasteiger partial charge in [-0.3, -0.25) is 9.59 Å². The Hall–Kier alpha value is -3.30. The summed E-state index contributed by atoms with van der Waals surface area (Å²) in [5, 5.41) is 2.61. The van der Waals surface area contributed by atoms with E-state index in [1.807, 2.05) is 0 Å². The molecule has 0 atom stereocenters. The van der Waals surface area contributed by atoms with Gasteiger partial charge in [-0.05, 0) is 36.4 Å². The number of hydrogen-bond acceptors (Lipinski definition) is 5. The van der Waals surface area contributed by atoms with Crippen molar-refractivity contribution in [2.45, 2.75) is 6.18 Å². The van der Waals surface area contributed by atoms with Crippen LogP contribution in [0.3, 0.4) is 0 Å². The van der Waals surface area contributed by atoms with Crippen LogP contribution >= 0.6 is 0 Å². The molecule has 28 heavy (non-hydrogen) atoms. The molecule has 0 radical (unpaired) electrons. The first-order valence-electron chi connectivity index (χ1n) is 8.03. The number of halogens is 3. The van der Waals surface area contributed by atoms with Gasteiger partial charge in [-0.2, -0.15) is 13.2 Å². The third kappa shape index (κ3) is 6.15. The second kappa shape index (κ2) is 9.07. The van der Waals surface area contributed by atoms with E-state index in [2.05, 4.69) is 15.0 Å². The minimum absolute atomic E-state index is 0.175. The quantitative estimate of drug-likeness (QED) is 0.777. The molecule has 0 aliphatic carbocycles. The highest BCUT2D eigenvalue weighted by atomic mass is 19.4. The molecule has 0 unspecified atom stereocenters. The molecule has 2 amide bonds. The van der Waals surface area contributed by atoms with E-state index in [1.165, 1.54) is 32.5 Å². The van der Waals surface area contributed by atoms with Gasteiger partial charge in [0.2, 0.25) is 11.8 Å². The maximum absolute atomic E-state index is 12.5. The molecule has 2 aromatic rings. The molecule has 1 aromatic heterocycles. The maximum atomic E-state index is 12.5. The SMILES string of the molecule is COc1ccc(NC(=O)CN(C)C(=O)c2cccnc2OCC(F)(F)F)cc1. The molecule has 0 spiro atoms. The molecule has 0 saturated carbocycles. The minimum atomic E-state index is -4.57. The second-order valence-corrected chi connectivity index (χ2v) is 5.70. The predicted octanol–water partition coefficient (Wildman–Crippen LogP) is 2.74. The van der Waals surface area contributed by atoms with Crippen molar-refractivity contribution >= 4 is 17.5 Å². The first-order chi connectivity index (χ1) is 13.2. The largest absolute Gasteiger partial charge is 0.497 e. The average Bonchev–Trinajstić information content (AvgIpc) is 2.66. The normalized spacial score (nSPS) is 10.9. The Morgan fingerprint density at radius 2 is 1.86 bits per heavy atom. The number of methoxy groups -OCH3 is 1. The van der Waals surface area contributed by atoms with Gasteiger partial charge in [-0.1, -0.05) is 0 Å². The number of ether oxygens (including phenoxy) is 2. The van der Waals surface area contributed by atoms with E-state index in [0.29, 0.717) is 11.4 Å². The van der Waals surface area contributed by atoms with Gasteiger partial charge < -0.3 is 19.7 Å². The summed E-state index contributed by atoms with van der Waals surface area (Å²) in [6, 6.07) is 9.23. The smallest absolute Gasteiger partial charge is 0.422 e. The average molecular weight is 397 g/mol. The van der Waals surface area contributed by atoms with Crippen LogP contribution in [0.2, 0.25) is 0 Å². The Bertz CT molecular complexity index is 826. The highest BCUT2D eigenvalue weighted by molar-refractivity contribution is 6.00. The molecule has 0 saturated heterocycles. The number of nitrogens with one attached hydrogen (secondary N) is 1. The number of amides is 2. The van der Waals surface area contributed by atoms with Gasteiger partial charge in [0.15, 0.2) is 6.61 Å². The van der Waals surface area contributed by atoms with Gasteiger partial charge >= 0.3 is 6.18 Å². The van der Waals surface area contributed by atoms with Crippen molar-refractivity contribution in [2.24, 2.45) is 0 Å². The topological polar surface area (TPSA) is 80.8 Å². The highest BCUT2D eigenvalue weighted by Crippen LogP contribution is 2.21. The molecule has 0 aliphatic rings. The van der Waals surface area contributed by atoms with Gasteiger partial charge in [0, 0.05) is 18.9 Å². The number of alkyl halides is 3. The van der Waals surface area contributed by atoms with Crippen LogP contribution in [0.15, 0.2) is 42.6 Å². The number of carbonyl (C=O) groups excluding carboxylic acids is 2. The molecule has 1 N–H and O–H groups in total. The van der Waals surface area contributed by atoms with Crippen LogP contribution in [0, 0.1) is 0 Å². The second-order valence-electron chi connectivity index (χ2n) is 5.70. The van der Waals surface area contributed by atoms with Gasteiger partial charge in [0.1, 0.15) is 11.3 Å². The molecular formula is C18H18F3N3O4. The first kappa shape index (κ1) is 21.0. The molecule has 0 fully saturated rings. The lowest BCUT2D eigenvalue weighted by Gasteiger charge is -2.18. The Morgan fingerprint density at radius 3 is 2.46 bits per heavy atom. The molecule has 150 valence electrons. The molecule has 2 rings (SSSR count). The van der Waals surface area contributed by atoms with Gasteiger partial charge in [0.25, 0.3) is 5.91 Å².